The van der Waals surface area contributed by atoms with Crippen LogP contribution in [-0.4, -0.2) is 32.9 Å². The van der Waals surface area contributed by atoms with E-state index in [1.165, 1.54) is 13.5 Å². The van der Waals surface area contributed by atoms with Crippen LogP contribution in [0.3, 0.4) is 0 Å². The van der Waals surface area contributed by atoms with Crippen molar-refractivity contribution in [1.82, 2.24) is 4.31 Å². The molecule has 0 heterocycles. The van der Waals surface area contributed by atoms with E-state index in [-0.39, 0.29) is 4.90 Å². The van der Waals surface area contributed by atoms with E-state index < -0.39 is 10.0 Å². The fourth-order valence-corrected chi connectivity index (χ4v) is 4.57. The van der Waals surface area contributed by atoms with Gasteiger partial charge in [-0.15, -0.1) is 0 Å². The van der Waals surface area contributed by atoms with E-state index in [4.69, 9.17) is 4.74 Å². The Morgan fingerprint density at radius 2 is 2.10 bits per heavy atom. The number of sulfonamides is 1. The number of hydrogen-bond donors (Lipinski definition) is 0. The van der Waals surface area contributed by atoms with Crippen molar-refractivity contribution in [1.29, 1.82) is 0 Å². The molecule has 0 atom stereocenters. The summed E-state index contributed by atoms with van der Waals surface area (Å²) in [6.45, 7) is 2.96. The van der Waals surface area contributed by atoms with Crippen molar-refractivity contribution in [2.24, 2.45) is 5.92 Å². The van der Waals surface area contributed by atoms with E-state index in [1.54, 1.807) is 22.5 Å². The van der Waals surface area contributed by atoms with Gasteiger partial charge in [-0.2, -0.15) is 4.31 Å². The first-order valence-corrected chi connectivity index (χ1v) is 9.06. The predicted octanol–water partition coefficient (Wildman–Crippen LogP) is 3.27. The van der Waals surface area contributed by atoms with Crippen LogP contribution >= 0.6 is 15.9 Å². The molecular weight excluding hydrogens is 342 g/mol. The van der Waals surface area contributed by atoms with Crippen molar-refractivity contribution in [3.63, 3.8) is 0 Å². The summed E-state index contributed by atoms with van der Waals surface area (Å²) in [6, 6.07) is 5.06. The van der Waals surface area contributed by atoms with Crippen molar-refractivity contribution >= 4 is 26.0 Å². The molecule has 4 nitrogen and oxygen atoms in total. The van der Waals surface area contributed by atoms with Gasteiger partial charge in [0.1, 0.15) is 10.6 Å². The number of methoxy groups -OCH3 is 1. The van der Waals surface area contributed by atoms with E-state index in [2.05, 4.69) is 15.9 Å². The summed E-state index contributed by atoms with van der Waals surface area (Å²) in [5.41, 5.74) is 0. The Morgan fingerprint density at radius 3 is 2.60 bits per heavy atom. The van der Waals surface area contributed by atoms with Gasteiger partial charge in [0.15, 0.2) is 0 Å². The monoisotopic (exact) mass is 361 g/mol. The molecule has 0 amide bonds. The average molecular weight is 362 g/mol. The zero-order valence-corrected chi connectivity index (χ0v) is 14.2. The predicted molar refractivity (Wildman–Crippen MR) is 82.5 cm³/mol. The van der Waals surface area contributed by atoms with Crippen LogP contribution in [0.5, 0.6) is 5.75 Å². The molecule has 0 N–H and O–H groups in total. The first-order chi connectivity index (χ1) is 9.48. The normalized spacial score (nSPS) is 16.2. The van der Waals surface area contributed by atoms with Crippen molar-refractivity contribution in [3.05, 3.63) is 22.7 Å². The lowest BCUT2D eigenvalue weighted by Crippen LogP contribution is -2.37. The molecular formula is C14H20BrNO3S. The Balaban J connectivity index is 2.33. The van der Waals surface area contributed by atoms with Crippen LogP contribution in [0.4, 0.5) is 0 Å². The van der Waals surface area contributed by atoms with Gasteiger partial charge in [0.25, 0.3) is 0 Å². The van der Waals surface area contributed by atoms with Crippen molar-refractivity contribution in [2.75, 3.05) is 20.2 Å². The van der Waals surface area contributed by atoms with Gasteiger partial charge in [-0.25, -0.2) is 8.42 Å². The number of halogens is 1. The highest BCUT2D eigenvalue weighted by Gasteiger charge is 2.30. The van der Waals surface area contributed by atoms with Crippen LogP contribution in [0, 0.1) is 5.92 Å². The van der Waals surface area contributed by atoms with Crippen LogP contribution < -0.4 is 4.74 Å². The molecule has 1 aromatic rings. The third kappa shape index (κ3) is 3.18. The van der Waals surface area contributed by atoms with Crippen molar-refractivity contribution < 1.29 is 13.2 Å². The summed E-state index contributed by atoms with van der Waals surface area (Å²) in [5.74, 6) is 0.892. The zero-order chi connectivity index (χ0) is 14.8. The molecule has 20 heavy (non-hydrogen) atoms. The smallest absolute Gasteiger partial charge is 0.246 e. The van der Waals surface area contributed by atoms with E-state index in [9.17, 15) is 8.42 Å². The zero-order valence-electron chi connectivity index (χ0n) is 11.8. The quantitative estimate of drug-likeness (QED) is 0.780. The van der Waals surface area contributed by atoms with E-state index in [0.717, 1.165) is 17.3 Å². The second kappa shape index (κ2) is 6.45. The molecule has 0 bridgehead atoms. The maximum Gasteiger partial charge on any atom is 0.246 e. The standard InChI is InChI=1S/C14H20BrNO3S/c1-3-16(10-11-5-4-6-11)20(17,18)14-9-12(15)7-8-13(14)19-2/h7-9,11H,3-6,10H2,1-2H3. The third-order valence-electron chi connectivity index (χ3n) is 3.78. The third-order valence-corrected chi connectivity index (χ3v) is 6.24. The van der Waals surface area contributed by atoms with Gasteiger partial charge in [0.05, 0.1) is 7.11 Å². The molecule has 112 valence electrons. The maximum absolute atomic E-state index is 12.8. The van der Waals surface area contributed by atoms with Gasteiger partial charge >= 0.3 is 0 Å². The summed E-state index contributed by atoms with van der Waals surface area (Å²) in [5, 5.41) is 0. The molecule has 1 aromatic carbocycles. The highest BCUT2D eigenvalue weighted by atomic mass is 79.9. The fourth-order valence-electron chi connectivity index (χ4n) is 2.35. The summed E-state index contributed by atoms with van der Waals surface area (Å²) in [6.07, 6.45) is 3.46. The molecule has 1 aliphatic carbocycles. The van der Waals surface area contributed by atoms with Crippen LogP contribution in [0.15, 0.2) is 27.6 Å². The van der Waals surface area contributed by atoms with E-state index >= 15 is 0 Å². The molecule has 0 aliphatic heterocycles. The topological polar surface area (TPSA) is 46.6 Å². The SMILES string of the molecule is CCN(CC1CCC1)S(=O)(=O)c1cc(Br)ccc1OC. The Morgan fingerprint density at radius 1 is 1.40 bits per heavy atom. The summed E-state index contributed by atoms with van der Waals surface area (Å²) in [7, 11) is -2.02. The lowest BCUT2D eigenvalue weighted by atomic mass is 9.85. The minimum absolute atomic E-state index is 0.232. The van der Waals surface area contributed by atoms with Gasteiger partial charge in [0, 0.05) is 17.6 Å². The molecule has 0 radical (unpaired) electrons. The molecule has 6 heteroatoms. The van der Waals surface area contributed by atoms with Gasteiger partial charge in [-0.3, -0.25) is 0 Å². The van der Waals surface area contributed by atoms with Gasteiger partial charge in [-0.05, 0) is 37.0 Å². The average Bonchev–Trinajstić information content (AvgIpc) is 2.37. The Kier molecular flexibility index (Phi) is 5.09. The molecule has 1 aliphatic rings. The number of nitrogens with zero attached hydrogens (tertiary/aromatic N) is 1. The second-order valence-corrected chi connectivity index (χ2v) is 7.87. The molecule has 1 fully saturated rings. The molecule has 2 rings (SSSR count). The lowest BCUT2D eigenvalue weighted by Gasteiger charge is -2.31. The number of benzene rings is 1. The van der Waals surface area contributed by atoms with Gasteiger partial charge in [0.2, 0.25) is 10.0 Å². The highest BCUT2D eigenvalue weighted by Crippen LogP contribution is 2.32. The molecule has 0 spiro atoms. The van der Waals surface area contributed by atoms with Gasteiger partial charge in [-0.1, -0.05) is 29.3 Å². The van der Waals surface area contributed by atoms with Crippen LogP contribution in [0.1, 0.15) is 26.2 Å². The van der Waals surface area contributed by atoms with Gasteiger partial charge < -0.3 is 4.74 Å². The summed E-state index contributed by atoms with van der Waals surface area (Å²) in [4.78, 5) is 0.232. The van der Waals surface area contributed by atoms with Crippen LogP contribution in [0.25, 0.3) is 0 Å². The minimum Gasteiger partial charge on any atom is -0.495 e. The molecule has 0 unspecified atom stereocenters. The fraction of sp³-hybridized carbons (Fsp3) is 0.571. The summed E-state index contributed by atoms with van der Waals surface area (Å²) < 4.78 is 33.1. The second-order valence-electron chi connectivity index (χ2n) is 5.05. The van der Waals surface area contributed by atoms with E-state index in [1.807, 2.05) is 6.92 Å². The molecule has 0 saturated heterocycles. The summed E-state index contributed by atoms with van der Waals surface area (Å²) >= 11 is 3.33. The largest absolute Gasteiger partial charge is 0.495 e. The Labute approximate surface area is 129 Å². The maximum atomic E-state index is 12.8. The van der Waals surface area contributed by atoms with Crippen LogP contribution in [0.2, 0.25) is 0 Å². The lowest BCUT2D eigenvalue weighted by molar-refractivity contribution is 0.249. The highest BCUT2D eigenvalue weighted by molar-refractivity contribution is 9.10. The first kappa shape index (κ1) is 15.8. The number of ether oxygens (including phenoxy) is 1. The molecule has 0 aromatic heterocycles. The minimum atomic E-state index is -3.51. The number of rotatable bonds is 6. The van der Waals surface area contributed by atoms with Crippen LogP contribution in [-0.2, 0) is 10.0 Å². The first-order valence-electron chi connectivity index (χ1n) is 6.82. The Bertz CT molecular complexity index is 570. The van der Waals surface area contributed by atoms with E-state index in [0.29, 0.717) is 24.8 Å². The van der Waals surface area contributed by atoms with Crippen molar-refractivity contribution in [3.8, 4) is 5.75 Å². The van der Waals surface area contributed by atoms with Crippen molar-refractivity contribution in [2.45, 2.75) is 31.1 Å². The number of hydrogen-bond acceptors (Lipinski definition) is 3. The Hall–Kier alpha value is -0.590. The molecule has 1 saturated carbocycles.